The van der Waals surface area contributed by atoms with Crippen molar-refractivity contribution in [3.05, 3.63) is 47.3 Å². The van der Waals surface area contributed by atoms with E-state index in [4.69, 9.17) is 9.47 Å². The predicted octanol–water partition coefficient (Wildman–Crippen LogP) is 2.91. The van der Waals surface area contributed by atoms with E-state index in [1.807, 2.05) is 36.0 Å². The first kappa shape index (κ1) is 14.7. The van der Waals surface area contributed by atoms with Crippen LogP contribution in [0.5, 0.6) is 11.5 Å². The molecule has 0 bridgehead atoms. The number of hydrogen-bond acceptors (Lipinski definition) is 3. The van der Waals surface area contributed by atoms with E-state index in [9.17, 15) is 9.90 Å². The maximum atomic E-state index is 11.5. The van der Waals surface area contributed by atoms with Gasteiger partial charge in [-0.1, -0.05) is 6.08 Å². The minimum absolute atomic E-state index is 0.115. The van der Waals surface area contributed by atoms with E-state index in [1.165, 1.54) is 14.2 Å². The van der Waals surface area contributed by atoms with E-state index in [-0.39, 0.29) is 11.3 Å². The SMILES string of the molecule is COc1cc(/C=C/c2cccn2C)c(C(=O)O)c(OC)c1. The topological polar surface area (TPSA) is 60.7 Å². The highest BCUT2D eigenvalue weighted by molar-refractivity contribution is 5.96. The van der Waals surface area contributed by atoms with E-state index < -0.39 is 5.97 Å². The monoisotopic (exact) mass is 287 g/mol. The van der Waals surface area contributed by atoms with Crippen molar-refractivity contribution in [1.29, 1.82) is 0 Å². The van der Waals surface area contributed by atoms with Crippen LogP contribution in [0.25, 0.3) is 12.2 Å². The predicted molar refractivity (Wildman–Crippen MR) is 80.8 cm³/mol. The molecular weight excluding hydrogens is 270 g/mol. The van der Waals surface area contributed by atoms with Crippen molar-refractivity contribution >= 4 is 18.1 Å². The second-order valence-corrected chi connectivity index (χ2v) is 4.48. The van der Waals surface area contributed by atoms with Crippen LogP contribution in [0.1, 0.15) is 21.6 Å². The molecule has 1 heterocycles. The number of rotatable bonds is 5. The van der Waals surface area contributed by atoms with Gasteiger partial charge < -0.3 is 19.1 Å². The molecule has 0 aliphatic heterocycles. The number of ether oxygens (including phenoxy) is 2. The molecule has 0 radical (unpaired) electrons. The second-order valence-electron chi connectivity index (χ2n) is 4.48. The first-order valence-corrected chi connectivity index (χ1v) is 6.35. The molecule has 21 heavy (non-hydrogen) atoms. The molecule has 0 spiro atoms. The standard InChI is InChI=1S/C16H17NO4/c1-17-8-4-5-12(17)7-6-11-9-13(20-2)10-14(21-3)15(11)16(18)19/h4-10H,1-3H3,(H,18,19)/b7-6+. The van der Waals surface area contributed by atoms with Crippen molar-refractivity contribution in [1.82, 2.24) is 4.57 Å². The van der Waals surface area contributed by atoms with Crippen LogP contribution in [-0.2, 0) is 7.05 Å². The van der Waals surface area contributed by atoms with Crippen molar-refractivity contribution in [2.24, 2.45) is 7.05 Å². The van der Waals surface area contributed by atoms with Crippen LogP contribution < -0.4 is 9.47 Å². The van der Waals surface area contributed by atoms with Gasteiger partial charge in [0.1, 0.15) is 17.1 Å². The van der Waals surface area contributed by atoms with Crippen molar-refractivity contribution in [3.63, 3.8) is 0 Å². The van der Waals surface area contributed by atoms with Gasteiger partial charge in [-0.05, 0) is 29.8 Å². The Labute approximate surface area is 123 Å². The third-order valence-corrected chi connectivity index (χ3v) is 3.19. The lowest BCUT2D eigenvalue weighted by molar-refractivity contribution is 0.0693. The molecule has 0 amide bonds. The third kappa shape index (κ3) is 3.08. The van der Waals surface area contributed by atoms with Crippen LogP contribution in [-0.4, -0.2) is 29.9 Å². The molecule has 5 heteroatoms. The fourth-order valence-corrected chi connectivity index (χ4v) is 2.07. The maximum absolute atomic E-state index is 11.5. The molecule has 5 nitrogen and oxygen atoms in total. The molecular formula is C16H17NO4. The maximum Gasteiger partial charge on any atom is 0.340 e. The van der Waals surface area contributed by atoms with Crippen molar-refractivity contribution in [2.45, 2.75) is 0 Å². The Morgan fingerprint density at radius 3 is 2.52 bits per heavy atom. The van der Waals surface area contributed by atoms with Gasteiger partial charge in [-0.2, -0.15) is 0 Å². The lowest BCUT2D eigenvalue weighted by Crippen LogP contribution is -2.04. The average molecular weight is 287 g/mol. The van der Waals surface area contributed by atoms with E-state index in [0.717, 1.165) is 5.69 Å². The number of benzene rings is 1. The Bertz CT molecular complexity index is 686. The van der Waals surface area contributed by atoms with E-state index >= 15 is 0 Å². The highest BCUT2D eigenvalue weighted by atomic mass is 16.5. The highest BCUT2D eigenvalue weighted by Crippen LogP contribution is 2.30. The summed E-state index contributed by atoms with van der Waals surface area (Å²) in [4.78, 5) is 11.5. The molecule has 0 saturated heterocycles. The Kier molecular flexibility index (Phi) is 4.33. The number of methoxy groups -OCH3 is 2. The Morgan fingerprint density at radius 2 is 2.00 bits per heavy atom. The summed E-state index contributed by atoms with van der Waals surface area (Å²) in [6.07, 6.45) is 5.51. The average Bonchev–Trinajstić information content (AvgIpc) is 2.88. The number of aryl methyl sites for hydroxylation is 1. The number of carboxylic acids is 1. The summed E-state index contributed by atoms with van der Waals surface area (Å²) >= 11 is 0. The zero-order valence-electron chi connectivity index (χ0n) is 12.2. The zero-order valence-corrected chi connectivity index (χ0v) is 12.2. The van der Waals surface area contributed by atoms with Gasteiger partial charge in [0.15, 0.2) is 0 Å². The van der Waals surface area contributed by atoms with Crippen LogP contribution in [0.3, 0.4) is 0 Å². The quantitative estimate of drug-likeness (QED) is 0.918. The molecule has 2 rings (SSSR count). The first-order chi connectivity index (χ1) is 10.1. The summed E-state index contributed by atoms with van der Waals surface area (Å²) in [6, 6.07) is 7.09. The number of hydrogen-bond donors (Lipinski definition) is 1. The zero-order chi connectivity index (χ0) is 15.4. The first-order valence-electron chi connectivity index (χ1n) is 6.35. The van der Waals surface area contributed by atoms with Gasteiger partial charge in [-0.25, -0.2) is 4.79 Å². The minimum Gasteiger partial charge on any atom is -0.497 e. The van der Waals surface area contributed by atoms with Gasteiger partial charge >= 0.3 is 5.97 Å². The van der Waals surface area contributed by atoms with Crippen LogP contribution in [0, 0.1) is 0 Å². The van der Waals surface area contributed by atoms with Crippen LogP contribution >= 0.6 is 0 Å². The van der Waals surface area contributed by atoms with Crippen molar-refractivity contribution < 1.29 is 19.4 Å². The Morgan fingerprint density at radius 1 is 1.24 bits per heavy atom. The molecule has 1 N–H and O–H groups in total. The third-order valence-electron chi connectivity index (χ3n) is 3.19. The normalized spacial score (nSPS) is 10.8. The van der Waals surface area contributed by atoms with E-state index in [1.54, 1.807) is 18.2 Å². The summed E-state index contributed by atoms with van der Waals surface area (Å²) in [6.45, 7) is 0. The molecule has 1 aromatic heterocycles. The molecule has 0 unspecified atom stereocenters. The molecule has 0 fully saturated rings. The van der Waals surface area contributed by atoms with Crippen LogP contribution in [0.15, 0.2) is 30.5 Å². The number of carbonyl (C=O) groups is 1. The van der Waals surface area contributed by atoms with Crippen molar-refractivity contribution in [2.75, 3.05) is 14.2 Å². The Balaban J connectivity index is 2.52. The van der Waals surface area contributed by atoms with Gasteiger partial charge in [0.25, 0.3) is 0 Å². The van der Waals surface area contributed by atoms with E-state index in [2.05, 4.69) is 0 Å². The molecule has 110 valence electrons. The van der Waals surface area contributed by atoms with Gasteiger partial charge in [0, 0.05) is 25.0 Å². The molecule has 2 aromatic rings. The van der Waals surface area contributed by atoms with Crippen LogP contribution in [0.4, 0.5) is 0 Å². The summed E-state index contributed by atoms with van der Waals surface area (Å²) in [5.74, 6) is -0.224. The summed E-state index contributed by atoms with van der Waals surface area (Å²) in [5.41, 5.74) is 1.61. The molecule has 0 aliphatic carbocycles. The fourth-order valence-electron chi connectivity index (χ4n) is 2.07. The van der Waals surface area contributed by atoms with Gasteiger partial charge in [-0.15, -0.1) is 0 Å². The Hall–Kier alpha value is -2.69. The largest absolute Gasteiger partial charge is 0.497 e. The molecule has 0 atom stereocenters. The smallest absolute Gasteiger partial charge is 0.340 e. The molecule has 1 aromatic carbocycles. The number of aromatic carboxylic acids is 1. The molecule has 0 aliphatic rings. The number of carboxylic acid groups (broad SMARTS) is 1. The number of aromatic nitrogens is 1. The van der Waals surface area contributed by atoms with E-state index in [0.29, 0.717) is 11.3 Å². The molecule has 0 saturated carbocycles. The van der Waals surface area contributed by atoms with Gasteiger partial charge in [0.2, 0.25) is 0 Å². The summed E-state index contributed by atoms with van der Waals surface area (Å²) < 4.78 is 12.3. The fraction of sp³-hybridized carbons (Fsp3) is 0.188. The summed E-state index contributed by atoms with van der Waals surface area (Å²) in [5, 5.41) is 9.39. The highest BCUT2D eigenvalue weighted by Gasteiger charge is 2.17. The number of nitrogens with zero attached hydrogens (tertiary/aromatic N) is 1. The minimum atomic E-state index is -1.04. The second kappa shape index (κ2) is 6.17. The van der Waals surface area contributed by atoms with Crippen LogP contribution in [0.2, 0.25) is 0 Å². The van der Waals surface area contributed by atoms with Gasteiger partial charge in [-0.3, -0.25) is 0 Å². The summed E-state index contributed by atoms with van der Waals surface area (Å²) in [7, 11) is 4.88. The van der Waals surface area contributed by atoms with Crippen molar-refractivity contribution in [3.8, 4) is 11.5 Å². The lowest BCUT2D eigenvalue weighted by Gasteiger charge is -2.11. The van der Waals surface area contributed by atoms with Gasteiger partial charge in [0.05, 0.1) is 14.2 Å². The lowest BCUT2D eigenvalue weighted by atomic mass is 10.0.